The molecule has 0 amide bonds. The number of hydrogen-bond acceptors (Lipinski definition) is 5. The fraction of sp³-hybridized carbons (Fsp3) is 0.667. The lowest BCUT2D eigenvalue weighted by atomic mass is 9.99. The smallest absolute Gasteiger partial charge is 0.350 e. The monoisotopic (exact) mass is 158 g/mol. The highest BCUT2D eigenvalue weighted by Crippen LogP contribution is 2.32. The van der Waals surface area contributed by atoms with Crippen LogP contribution in [0.4, 0.5) is 0 Å². The van der Waals surface area contributed by atoms with Crippen molar-refractivity contribution in [1.82, 2.24) is 0 Å². The minimum atomic E-state index is -1.39. The zero-order valence-corrected chi connectivity index (χ0v) is 5.57. The zero-order chi connectivity index (χ0) is 8.06. The highest BCUT2D eigenvalue weighted by Gasteiger charge is 2.58. The predicted octanol–water partition coefficient (Wildman–Crippen LogP) is -1.41. The summed E-state index contributed by atoms with van der Waals surface area (Å²) in [6.45, 7) is -0.137. The number of carbonyl (C=O) groups is 2. The summed E-state index contributed by atoms with van der Waals surface area (Å²) in [7, 11) is 0. The van der Waals surface area contributed by atoms with Crippen LogP contribution in [0, 0.1) is 0 Å². The van der Waals surface area contributed by atoms with Crippen molar-refractivity contribution in [3.05, 3.63) is 0 Å². The van der Waals surface area contributed by atoms with Gasteiger partial charge in [0.05, 0.1) is 6.42 Å². The Labute approximate surface area is 61.9 Å². The summed E-state index contributed by atoms with van der Waals surface area (Å²) in [5.74, 6) is -1.20. The Morgan fingerprint density at radius 2 is 2.27 bits per heavy atom. The molecule has 0 saturated carbocycles. The van der Waals surface area contributed by atoms with Crippen LogP contribution in [0.15, 0.2) is 0 Å². The Balaban J connectivity index is 2.31. The molecule has 2 fully saturated rings. The molecule has 0 spiro atoms. The molecule has 0 aliphatic carbocycles. The maximum absolute atomic E-state index is 10.7. The largest absolute Gasteiger partial charge is 0.460 e. The molecule has 2 aliphatic rings. The summed E-state index contributed by atoms with van der Waals surface area (Å²) in [6, 6.07) is 0. The number of carbonyl (C=O) groups excluding carboxylic acids is 2. The quantitative estimate of drug-likeness (QED) is 0.438. The second kappa shape index (κ2) is 1.73. The van der Waals surface area contributed by atoms with Gasteiger partial charge in [-0.1, -0.05) is 0 Å². The van der Waals surface area contributed by atoms with Crippen LogP contribution in [0.3, 0.4) is 0 Å². The van der Waals surface area contributed by atoms with E-state index < -0.39 is 23.6 Å². The van der Waals surface area contributed by atoms with Crippen molar-refractivity contribution in [1.29, 1.82) is 0 Å². The lowest BCUT2D eigenvalue weighted by Gasteiger charge is -2.11. The van der Waals surface area contributed by atoms with Gasteiger partial charge in [0.15, 0.2) is 5.60 Å². The lowest BCUT2D eigenvalue weighted by molar-refractivity contribution is -0.156. The Morgan fingerprint density at radius 1 is 1.55 bits per heavy atom. The highest BCUT2D eigenvalue weighted by molar-refractivity contribution is 5.87. The van der Waals surface area contributed by atoms with E-state index in [1.807, 2.05) is 0 Å². The number of esters is 2. The molecule has 2 saturated heterocycles. The van der Waals surface area contributed by atoms with Crippen LogP contribution >= 0.6 is 0 Å². The van der Waals surface area contributed by atoms with Gasteiger partial charge < -0.3 is 14.6 Å². The summed E-state index contributed by atoms with van der Waals surface area (Å²) in [6.07, 6.45) is -1.24. The molecule has 5 nitrogen and oxygen atoms in total. The molecule has 11 heavy (non-hydrogen) atoms. The summed E-state index contributed by atoms with van der Waals surface area (Å²) in [5, 5.41) is 9.48. The number of cyclic esters (lactones) is 1. The van der Waals surface area contributed by atoms with E-state index >= 15 is 0 Å². The van der Waals surface area contributed by atoms with Crippen molar-refractivity contribution in [3.63, 3.8) is 0 Å². The molecule has 2 rings (SSSR count). The molecule has 0 aromatic rings. The topological polar surface area (TPSA) is 72.8 Å². The number of fused-ring (bicyclic) bond motifs is 1. The first-order valence-electron chi connectivity index (χ1n) is 3.20. The van der Waals surface area contributed by atoms with Gasteiger partial charge in [0.2, 0.25) is 6.10 Å². The van der Waals surface area contributed by atoms with E-state index in [1.54, 1.807) is 0 Å². The van der Waals surface area contributed by atoms with Crippen LogP contribution in [-0.4, -0.2) is 35.4 Å². The number of hydrogen-bond donors (Lipinski definition) is 1. The van der Waals surface area contributed by atoms with Crippen molar-refractivity contribution in [2.75, 3.05) is 6.61 Å². The highest BCUT2D eigenvalue weighted by atomic mass is 16.6. The summed E-state index contributed by atoms with van der Waals surface area (Å²) in [4.78, 5) is 21.4. The first-order valence-corrected chi connectivity index (χ1v) is 3.20. The van der Waals surface area contributed by atoms with Crippen molar-refractivity contribution < 1.29 is 24.2 Å². The van der Waals surface area contributed by atoms with Gasteiger partial charge in [0, 0.05) is 0 Å². The number of rotatable bonds is 0. The fourth-order valence-corrected chi connectivity index (χ4v) is 1.29. The van der Waals surface area contributed by atoms with Gasteiger partial charge >= 0.3 is 11.9 Å². The Morgan fingerprint density at radius 3 is 2.91 bits per heavy atom. The third-order valence-electron chi connectivity index (χ3n) is 1.87. The maximum Gasteiger partial charge on any atom is 0.350 e. The van der Waals surface area contributed by atoms with E-state index in [9.17, 15) is 14.7 Å². The van der Waals surface area contributed by atoms with Gasteiger partial charge in [-0.05, 0) is 0 Å². The molecule has 5 heteroatoms. The average molecular weight is 158 g/mol. The summed E-state index contributed by atoms with van der Waals surface area (Å²) >= 11 is 0. The third-order valence-corrected chi connectivity index (χ3v) is 1.87. The van der Waals surface area contributed by atoms with Crippen LogP contribution in [0.5, 0.6) is 0 Å². The molecular formula is C6H6O5. The van der Waals surface area contributed by atoms with E-state index in [0.717, 1.165) is 0 Å². The van der Waals surface area contributed by atoms with Gasteiger partial charge in [-0.3, -0.25) is 4.79 Å². The first kappa shape index (κ1) is 6.60. The molecule has 0 aromatic heterocycles. The fourth-order valence-electron chi connectivity index (χ4n) is 1.29. The molecule has 60 valence electrons. The van der Waals surface area contributed by atoms with Crippen LogP contribution < -0.4 is 0 Å². The van der Waals surface area contributed by atoms with Gasteiger partial charge in [0.25, 0.3) is 0 Å². The zero-order valence-electron chi connectivity index (χ0n) is 5.57. The molecular weight excluding hydrogens is 152 g/mol. The molecule has 0 bridgehead atoms. The van der Waals surface area contributed by atoms with Crippen LogP contribution in [0.25, 0.3) is 0 Å². The van der Waals surface area contributed by atoms with Crippen LogP contribution in [-0.2, 0) is 19.1 Å². The minimum absolute atomic E-state index is 0.137. The predicted molar refractivity (Wildman–Crippen MR) is 30.4 cm³/mol. The average Bonchev–Trinajstić information content (AvgIpc) is 2.32. The standard InChI is InChI=1S/C6H6O5/c7-3-1-6(9)2-10-5(8)4(6)11-3/h4,9H,1-2H2/t4-,6-/m1/s1. The van der Waals surface area contributed by atoms with Crippen LogP contribution in [0.2, 0.25) is 0 Å². The molecule has 0 unspecified atom stereocenters. The van der Waals surface area contributed by atoms with E-state index in [0.29, 0.717) is 0 Å². The minimum Gasteiger partial charge on any atom is -0.460 e. The first-order chi connectivity index (χ1) is 5.12. The molecule has 2 heterocycles. The summed E-state index contributed by atoms with van der Waals surface area (Å²) in [5.41, 5.74) is -1.39. The Hall–Kier alpha value is -1.10. The van der Waals surface area contributed by atoms with Crippen LogP contribution in [0.1, 0.15) is 6.42 Å². The van der Waals surface area contributed by atoms with E-state index in [4.69, 9.17) is 0 Å². The second-order valence-electron chi connectivity index (χ2n) is 2.76. The van der Waals surface area contributed by atoms with Crippen molar-refractivity contribution in [3.8, 4) is 0 Å². The van der Waals surface area contributed by atoms with Gasteiger partial charge in [-0.25, -0.2) is 4.79 Å². The SMILES string of the molecule is O=C1C[C@@]2(O)COC(=O)[C@H]2O1. The molecule has 0 aromatic carbocycles. The molecule has 2 atom stereocenters. The summed E-state index contributed by atoms with van der Waals surface area (Å²) < 4.78 is 9.04. The van der Waals surface area contributed by atoms with Gasteiger partial charge in [-0.15, -0.1) is 0 Å². The lowest BCUT2D eigenvalue weighted by Crippen LogP contribution is -2.37. The normalized spacial score (nSPS) is 41.7. The van der Waals surface area contributed by atoms with Crippen molar-refractivity contribution in [2.24, 2.45) is 0 Å². The third kappa shape index (κ3) is 0.742. The maximum atomic E-state index is 10.7. The second-order valence-corrected chi connectivity index (χ2v) is 2.76. The van der Waals surface area contributed by atoms with E-state index in [1.165, 1.54) is 0 Å². The van der Waals surface area contributed by atoms with E-state index in [-0.39, 0.29) is 13.0 Å². The van der Waals surface area contributed by atoms with Crippen molar-refractivity contribution in [2.45, 2.75) is 18.1 Å². The van der Waals surface area contributed by atoms with Gasteiger partial charge in [-0.2, -0.15) is 0 Å². The van der Waals surface area contributed by atoms with Crippen molar-refractivity contribution >= 4 is 11.9 Å². The van der Waals surface area contributed by atoms with Gasteiger partial charge in [0.1, 0.15) is 6.61 Å². The molecule has 2 aliphatic heterocycles. The Kier molecular flexibility index (Phi) is 1.04. The molecule has 1 N–H and O–H groups in total. The van der Waals surface area contributed by atoms with E-state index in [2.05, 4.69) is 9.47 Å². The Bertz CT molecular complexity index is 235. The number of ether oxygens (including phenoxy) is 2. The molecule has 0 radical (unpaired) electrons. The number of aliphatic hydroxyl groups is 1.